The molecule has 0 bridgehead atoms. The fourth-order valence-electron chi connectivity index (χ4n) is 2.53. The molecule has 2 heterocycles. The number of benzene rings is 1. The second kappa shape index (κ2) is 7.49. The molecular formula is C18H18N4O3S. The van der Waals surface area contributed by atoms with Gasteiger partial charge >= 0.3 is 6.03 Å². The monoisotopic (exact) mass is 370 g/mol. The first-order valence-corrected chi connectivity index (χ1v) is 8.84. The van der Waals surface area contributed by atoms with Gasteiger partial charge in [-0.05, 0) is 25.0 Å². The Kier molecular flexibility index (Phi) is 5.13. The summed E-state index contributed by atoms with van der Waals surface area (Å²) in [5.74, 6) is -0.580. The van der Waals surface area contributed by atoms with Gasteiger partial charge in [0.1, 0.15) is 11.4 Å². The van der Waals surface area contributed by atoms with Crippen molar-refractivity contribution in [2.45, 2.75) is 26.9 Å². The highest BCUT2D eigenvalue weighted by Crippen LogP contribution is 2.25. The molecule has 0 radical (unpaired) electrons. The standard InChI is InChI=1S/C18H18N4O3S/c1-11-12(2)26-16-15(11)17(24)22(10-20-16)9-14(23)21-18(25)19-8-13-6-4-3-5-7-13/h3-7,10H,8-9H2,1-2H3,(H2,19,21,23,25). The van der Waals surface area contributed by atoms with Crippen LogP contribution in [0.1, 0.15) is 16.0 Å². The number of nitrogens with zero attached hydrogens (tertiary/aromatic N) is 2. The van der Waals surface area contributed by atoms with E-state index in [0.717, 1.165) is 16.0 Å². The fraction of sp³-hybridized carbons (Fsp3) is 0.222. The van der Waals surface area contributed by atoms with Gasteiger partial charge in [0.15, 0.2) is 0 Å². The molecule has 8 heteroatoms. The average molecular weight is 370 g/mol. The molecule has 0 unspecified atom stereocenters. The molecule has 0 saturated carbocycles. The van der Waals surface area contributed by atoms with Gasteiger partial charge in [0.05, 0.1) is 11.7 Å². The van der Waals surface area contributed by atoms with Crippen molar-refractivity contribution in [3.63, 3.8) is 0 Å². The molecule has 3 rings (SSSR count). The van der Waals surface area contributed by atoms with E-state index in [4.69, 9.17) is 0 Å². The van der Waals surface area contributed by atoms with E-state index in [1.54, 1.807) is 0 Å². The van der Waals surface area contributed by atoms with Crippen molar-refractivity contribution < 1.29 is 9.59 Å². The molecule has 134 valence electrons. The van der Waals surface area contributed by atoms with Gasteiger partial charge in [-0.3, -0.25) is 19.5 Å². The number of hydrogen-bond acceptors (Lipinski definition) is 5. The Morgan fingerprint density at radius 2 is 1.92 bits per heavy atom. The summed E-state index contributed by atoms with van der Waals surface area (Å²) in [6.07, 6.45) is 1.33. The molecule has 0 saturated heterocycles. The van der Waals surface area contributed by atoms with E-state index in [1.165, 1.54) is 22.2 Å². The molecule has 3 amide bonds. The van der Waals surface area contributed by atoms with Crippen molar-refractivity contribution in [1.82, 2.24) is 20.2 Å². The van der Waals surface area contributed by atoms with Gasteiger partial charge in [0, 0.05) is 11.4 Å². The Morgan fingerprint density at radius 3 is 2.65 bits per heavy atom. The first-order chi connectivity index (χ1) is 12.5. The summed E-state index contributed by atoms with van der Waals surface area (Å²) in [7, 11) is 0. The van der Waals surface area contributed by atoms with E-state index < -0.39 is 11.9 Å². The van der Waals surface area contributed by atoms with Crippen molar-refractivity contribution >= 4 is 33.5 Å². The number of aryl methyl sites for hydroxylation is 2. The Balaban J connectivity index is 1.64. The van der Waals surface area contributed by atoms with E-state index in [9.17, 15) is 14.4 Å². The first-order valence-electron chi connectivity index (χ1n) is 8.02. The lowest BCUT2D eigenvalue weighted by Gasteiger charge is -2.08. The third-order valence-electron chi connectivity index (χ3n) is 4.02. The summed E-state index contributed by atoms with van der Waals surface area (Å²) < 4.78 is 1.21. The van der Waals surface area contributed by atoms with Gasteiger partial charge < -0.3 is 5.32 Å². The third-order valence-corrected chi connectivity index (χ3v) is 5.13. The van der Waals surface area contributed by atoms with E-state index in [1.807, 2.05) is 44.2 Å². The second-order valence-corrected chi connectivity index (χ2v) is 7.06. The van der Waals surface area contributed by atoms with Crippen LogP contribution >= 0.6 is 11.3 Å². The van der Waals surface area contributed by atoms with Gasteiger partial charge in [-0.1, -0.05) is 30.3 Å². The molecule has 0 fully saturated rings. The summed E-state index contributed by atoms with van der Waals surface area (Å²) in [5.41, 5.74) is 1.51. The van der Waals surface area contributed by atoms with Crippen LogP contribution in [0.2, 0.25) is 0 Å². The predicted molar refractivity (Wildman–Crippen MR) is 100 cm³/mol. The number of amides is 3. The SMILES string of the molecule is Cc1sc2ncn(CC(=O)NC(=O)NCc3ccccc3)c(=O)c2c1C. The third kappa shape index (κ3) is 3.80. The van der Waals surface area contributed by atoms with Crippen LogP contribution < -0.4 is 16.2 Å². The Labute approximate surface area is 153 Å². The molecule has 0 aliphatic rings. The molecule has 7 nitrogen and oxygen atoms in total. The molecule has 2 aromatic heterocycles. The second-order valence-electron chi connectivity index (χ2n) is 5.86. The molecule has 0 aliphatic heterocycles. The maximum atomic E-state index is 12.5. The number of aromatic nitrogens is 2. The number of fused-ring (bicyclic) bond motifs is 1. The molecule has 2 N–H and O–H groups in total. The van der Waals surface area contributed by atoms with Crippen molar-refractivity contribution in [3.8, 4) is 0 Å². The maximum absolute atomic E-state index is 12.5. The van der Waals surface area contributed by atoms with Crippen LogP contribution in [0.4, 0.5) is 4.79 Å². The number of carbonyl (C=O) groups excluding carboxylic acids is 2. The normalized spacial score (nSPS) is 10.7. The zero-order valence-corrected chi connectivity index (χ0v) is 15.2. The van der Waals surface area contributed by atoms with Crippen molar-refractivity contribution in [2.75, 3.05) is 0 Å². The zero-order valence-electron chi connectivity index (χ0n) is 14.4. The predicted octanol–water partition coefficient (Wildman–Crippen LogP) is 2.10. The van der Waals surface area contributed by atoms with E-state index in [0.29, 0.717) is 16.8 Å². The smallest absolute Gasteiger partial charge is 0.321 e. The number of urea groups is 1. The molecule has 0 atom stereocenters. The number of thiophene rings is 1. The summed E-state index contributed by atoms with van der Waals surface area (Å²) in [5, 5.41) is 5.34. The summed E-state index contributed by atoms with van der Waals surface area (Å²) in [6.45, 7) is 3.82. The maximum Gasteiger partial charge on any atom is 0.321 e. The van der Waals surface area contributed by atoms with Crippen LogP contribution in [-0.2, 0) is 17.9 Å². The molecule has 3 aromatic rings. The van der Waals surface area contributed by atoms with Gasteiger partial charge in [-0.15, -0.1) is 11.3 Å². The highest BCUT2D eigenvalue weighted by atomic mass is 32.1. The van der Waals surface area contributed by atoms with Crippen LogP contribution in [0, 0.1) is 13.8 Å². The van der Waals surface area contributed by atoms with E-state index in [-0.39, 0.29) is 12.1 Å². The minimum Gasteiger partial charge on any atom is -0.334 e. The Morgan fingerprint density at radius 1 is 1.19 bits per heavy atom. The minimum absolute atomic E-state index is 0.269. The lowest BCUT2D eigenvalue weighted by atomic mass is 10.2. The molecule has 0 spiro atoms. The Hall–Kier alpha value is -3.00. The van der Waals surface area contributed by atoms with Gasteiger partial charge in [-0.2, -0.15) is 0 Å². The quantitative estimate of drug-likeness (QED) is 0.735. The van der Waals surface area contributed by atoms with Gasteiger partial charge in [0.25, 0.3) is 5.56 Å². The number of carbonyl (C=O) groups is 2. The van der Waals surface area contributed by atoms with Crippen molar-refractivity contribution in [2.24, 2.45) is 0 Å². The number of nitrogens with one attached hydrogen (secondary N) is 2. The van der Waals surface area contributed by atoms with E-state index >= 15 is 0 Å². The highest BCUT2D eigenvalue weighted by Gasteiger charge is 2.14. The van der Waals surface area contributed by atoms with Crippen molar-refractivity contribution in [3.05, 3.63) is 63.0 Å². The lowest BCUT2D eigenvalue weighted by Crippen LogP contribution is -2.41. The van der Waals surface area contributed by atoms with Gasteiger partial charge in [-0.25, -0.2) is 9.78 Å². The summed E-state index contributed by atoms with van der Waals surface area (Å²) in [6, 6.07) is 8.74. The number of hydrogen-bond donors (Lipinski definition) is 2. The zero-order chi connectivity index (χ0) is 18.7. The van der Waals surface area contributed by atoms with Crippen LogP contribution in [0.3, 0.4) is 0 Å². The molecule has 26 heavy (non-hydrogen) atoms. The average Bonchev–Trinajstić information content (AvgIpc) is 2.91. The number of rotatable bonds is 4. The summed E-state index contributed by atoms with van der Waals surface area (Å²) in [4.78, 5) is 42.3. The van der Waals surface area contributed by atoms with Crippen LogP contribution in [0.15, 0.2) is 41.5 Å². The minimum atomic E-state index is -0.608. The van der Waals surface area contributed by atoms with Crippen molar-refractivity contribution in [1.29, 1.82) is 0 Å². The molecule has 0 aliphatic carbocycles. The van der Waals surface area contributed by atoms with Crippen LogP contribution in [0.5, 0.6) is 0 Å². The molecule has 1 aromatic carbocycles. The number of imide groups is 1. The lowest BCUT2D eigenvalue weighted by molar-refractivity contribution is -0.120. The fourth-order valence-corrected chi connectivity index (χ4v) is 3.51. The first kappa shape index (κ1) is 17.8. The van der Waals surface area contributed by atoms with Crippen LogP contribution in [-0.4, -0.2) is 21.5 Å². The van der Waals surface area contributed by atoms with Crippen LogP contribution in [0.25, 0.3) is 10.2 Å². The summed E-state index contributed by atoms with van der Waals surface area (Å²) >= 11 is 1.45. The van der Waals surface area contributed by atoms with E-state index in [2.05, 4.69) is 15.6 Å². The highest BCUT2D eigenvalue weighted by molar-refractivity contribution is 7.18. The largest absolute Gasteiger partial charge is 0.334 e. The molecular weight excluding hydrogens is 352 g/mol. The van der Waals surface area contributed by atoms with Gasteiger partial charge in [0.2, 0.25) is 5.91 Å². The Bertz CT molecular complexity index is 1020. The topological polar surface area (TPSA) is 93.1 Å².